The number of aromatic carboxylic acids is 1. The molecule has 0 aromatic carbocycles. The first kappa shape index (κ1) is 9.85. The molecule has 1 aliphatic heterocycles. The number of aliphatic hydroxyl groups excluding tert-OH is 1. The highest BCUT2D eigenvalue weighted by atomic mass is 16.4. The van der Waals surface area contributed by atoms with Crippen LogP contribution in [0.15, 0.2) is 12.4 Å². The van der Waals surface area contributed by atoms with Crippen molar-refractivity contribution in [2.45, 2.75) is 12.5 Å². The van der Waals surface area contributed by atoms with Crippen LogP contribution in [0.25, 0.3) is 0 Å². The topological polar surface area (TPSA) is 86.5 Å². The molecule has 2 N–H and O–H groups in total. The molecule has 6 nitrogen and oxygen atoms in total. The Kier molecular flexibility index (Phi) is 2.51. The highest BCUT2D eigenvalue weighted by Gasteiger charge is 2.22. The van der Waals surface area contributed by atoms with Gasteiger partial charge in [0, 0.05) is 25.5 Å². The lowest BCUT2D eigenvalue weighted by atomic mass is 10.3. The monoisotopic (exact) mass is 209 g/mol. The van der Waals surface area contributed by atoms with Crippen molar-refractivity contribution in [3.8, 4) is 0 Å². The number of nitrogens with zero attached hydrogens (tertiary/aromatic N) is 3. The van der Waals surface area contributed by atoms with Gasteiger partial charge in [-0.2, -0.15) is 0 Å². The second-order valence-electron chi connectivity index (χ2n) is 3.47. The number of β-amino-alcohol motifs (C(OH)–C–C–N with tert-alkyl or cyclic N) is 1. The third-order valence-corrected chi connectivity index (χ3v) is 2.33. The molecule has 80 valence electrons. The van der Waals surface area contributed by atoms with Crippen LogP contribution in [0.2, 0.25) is 0 Å². The zero-order valence-electron chi connectivity index (χ0n) is 8.00. The van der Waals surface area contributed by atoms with E-state index >= 15 is 0 Å². The summed E-state index contributed by atoms with van der Waals surface area (Å²) in [4.78, 5) is 20.3. The summed E-state index contributed by atoms with van der Waals surface area (Å²) in [5.74, 6) is -0.570. The standard InChI is InChI=1S/C9H11N3O3/c13-7-1-2-12(5-7)9-10-3-6(4-11-9)8(14)15/h3-4,7,13H,1-2,5H2,(H,14,15). The van der Waals surface area contributed by atoms with Gasteiger partial charge in [-0.3, -0.25) is 0 Å². The maximum Gasteiger partial charge on any atom is 0.338 e. The Morgan fingerprint density at radius 2 is 2.13 bits per heavy atom. The molecular formula is C9H11N3O3. The van der Waals surface area contributed by atoms with E-state index in [-0.39, 0.29) is 11.7 Å². The highest BCUT2D eigenvalue weighted by Crippen LogP contribution is 2.15. The third-order valence-electron chi connectivity index (χ3n) is 2.33. The van der Waals surface area contributed by atoms with Crippen molar-refractivity contribution in [2.24, 2.45) is 0 Å². The summed E-state index contributed by atoms with van der Waals surface area (Å²) in [6.07, 6.45) is 2.90. The van der Waals surface area contributed by atoms with E-state index in [1.807, 2.05) is 4.90 Å². The molecule has 1 unspecified atom stereocenters. The summed E-state index contributed by atoms with van der Waals surface area (Å²) in [6, 6.07) is 0. The number of anilines is 1. The van der Waals surface area contributed by atoms with Crippen molar-refractivity contribution in [1.82, 2.24) is 9.97 Å². The van der Waals surface area contributed by atoms with Gasteiger partial charge in [-0.15, -0.1) is 0 Å². The van der Waals surface area contributed by atoms with Crippen molar-refractivity contribution in [3.63, 3.8) is 0 Å². The van der Waals surface area contributed by atoms with Gasteiger partial charge in [-0.25, -0.2) is 14.8 Å². The number of hydrogen-bond donors (Lipinski definition) is 2. The predicted octanol–water partition coefficient (Wildman–Crippen LogP) is -0.254. The summed E-state index contributed by atoms with van der Waals surface area (Å²) in [6.45, 7) is 1.21. The lowest BCUT2D eigenvalue weighted by Gasteiger charge is -2.14. The van der Waals surface area contributed by atoms with Gasteiger partial charge in [0.2, 0.25) is 5.95 Å². The van der Waals surface area contributed by atoms with Crippen molar-refractivity contribution < 1.29 is 15.0 Å². The molecule has 0 aliphatic carbocycles. The van der Waals surface area contributed by atoms with Gasteiger partial charge in [0.05, 0.1) is 11.7 Å². The molecule has 2 heterocycles. The number of aromatic nitrogens is 2. The second kappa shape index (κ2) is 3.82. The molecule has 0 radical (unpaired) electrons. The van der Waals surface area contributed by atoms with Crippen molar-refractivity contribution in [1.29, 1.82) is 0 Å². The largest absolute Gasteiger partial charge is 0.478 e. The Morgan fingerprint density at radius 3 is 2.60 bits per heavy atom. The fraction of sp³-hybridized carbons (Fsp3) is 0.444. The van der Waals surface area contributed by atoms with Gasteiger partial charge in [-0.1, -0.05) is 0 Å². The van der Waals surface area contributed by atoms with E-state index in [0.717, 1.165) is 0 Å². The normalized spacial score (nSPS) is 20.6. The van der Waals surface area contributed by atoms with Crippen LogP contribution in [0, 0.1) is 0 Å². The number of carboxylic acids is 1. The molecule has 6 heteroatoms. The van der Waals surface area contributed by atoms with Gasteiger partial charge < -0.3 is 15.1 Å². The molecule has 1 saturated heterocycles. The van der Waals surface area contributed by atoms with Crippen LogP contribution in [-0.2, 0) is 0 Å². The van der Waals surface area contributed by atoms with Crippen LogP contribution in [-0.4, -0.2) is 45.3 Å². The molecule has 15 heavy (non-hydrogen) atoms. The van der Waals surface area contributed by atoms with Crippen LogP contribution >= 0.6 is 0 Å². The van der Waals surface area contributed by atoms with Gasteiger partial charge in [0.25, 0.3) is 0 Å². The minimum Gasteiger partial charge on any atom is -0.478 e. The molecule has 0 saturated carbocycles. The third kappa shape index (κ3) is 2.04. The Balaban J connectivity index is 2.13. The first-order valence-corrected chi connectivity index (χ1v) is 4.65. The first-order chi connectivity index (χ1) is 7.16. The summed E-state index contributed by atoms with van der Waals surface area (Å²) in [5.41, 5.74) is 0.0681. The van der Waals surface area contributed by atoms with E-state index in [1.54, 1.807) is 0 Å². The summed E-state index contributed by atoms with van der Waals surface area (Å²) >= 11 is 0. The van der Waals surface area contributed by atoms with Gasteiger partial charge in [-0.05, 0) is 6.42 Å². The molecule has 0 amide bonds. The van der Waals surface area contributed by atoms with E-state index in [1.165, 1.54) is 12.4 Å². The Labute approximate surface area is 86.2 Å². The molecule has 0 spiro atoms. The summed E-state index contributed by atoms with van der Waals surface area (Å²) in [7, 11) is 0. The van der Waals surface area contributed by atoms with Crippen molar-refractivity contribution >= 4 is 11.9 Å². The quantitative estimate of drug-likeness (QED) is 0.698. The fourth-order valence-corrected chi connectivity index (χ4v) is 1.52. The van der Waals surface area contributed by atoms with Crippen LogP contribution in [0.4, 0.5) is 5.95 Å². The van der Waals surface area contributed by atoms with Crippen molar-refractivity contribution in [2.75, 3.05) is 18.0 Å². The van der Waals surface area contributed by atoms with E-state index in [4.69, 9.17) is 5.11 Å². The molecule has 1 aromatic rings. The van der Waals surface area contributed by atoms with Gasteiger partial charge >= 0.3 is 5.97 Å². The SMILES string of the molecule is O=C(O)c1cnc(N2CCC(O)C2)nc1. The van der Waals surface area contributed by atoms with Gasteiger partial charge in [0.1, 0.15) is 0 Å². The average Bonchev–Trinajstić information content (AvgIpc) is 2.65. The van der Waals surface area contributed by atoms with Gasteiger partial charge in [0.15, 0.2) is 0 Å². The minimum atomic E-state index is -1.04. The molecule has 1 aliphatic rings. The summed E-state index contributed by atoms with van der Waals surface area (Å²) in [5, 5.41) is 18.0. The Morgan fingerprint density at radius 1 is 1.47 bits per heavy atom. The van der Waals surface area contributed by atoms with Crippen LogP contribution in [0.5, 0.6) is 0 Å². The van der Waals surface area contributed by atoms with Crippen LogP contribution in [0.1, 0.15) is 16.8 Å². The maximum atomic E-state index is 10.6. The number of carbonyl (C=O) groups is 1. The Hall–Kier alpha value is -1.69. The second-order valence-corrected chi connectivity index (χ2v) is 3.47. The maximum absolute atomic E-state index is 10.6. The average molecular weight is 209 g/mol. The van der Waals surface area contributed by atoms with E-state index < -0.39 is 5.97 Å². The molecule has 1 atom stereocenters. The Bertz CT molecular complexity index is 365. The predicted molar refractivity (Wildman–Crippen MR) is 51.8 cm³/mol. The summed E-state index contributed by atoms with van der Waals surface area (Å²) < 4.78 is 0. The number of carboxylic acid groups (broad SMARTS) is 1. The molecular weight excluding hydrogens is 198 g/mol. The lowest BCUT2D eigenvalue weighted by molar-refractivity contribution is 0.0696. The molecule has 0 bridgehead atoms. The number of aliphatic hydroxyl groups is 1. The number of rotatable bonds is 2. The molecule has 2 rings (SSSR count). The fourth-order valence-electron chi connectivity index (χ4n) is 1.52. The zero-order valence-corrected chi connectivity index (χ0v) is 8.00. The minimum absolute atomic E-state index is 0.0681. The van der Waals surface area contributed by atoms with Crippen LogP contribution in [0.3, 0.4) is 0 Å². The number of hydrogen-bond acceptors (Lipinski definition) is 5. The van der Waals surface area contributed by atoms with E-state index in [9.17, 15) is 9.90 Å². The lowest BCUT2D eigenvalue weighted by Crippen LogP contribution is -2.23. The van der Waals surface area contributed by atoms with Crippen molar-refractivity contribution in [3.05, 3.63) is 18.0 Å². The van der Waals surface area contributed by atoms with E-state index in [0.29, 0.717) is 25.5 Å². The first-order valence-electron chi connectivity index (χ1n) is 4.65. The zero-order chi connectivity index (χ0) is 10.8. The van der Waals surface area contributed by atoms with Crippen LogP contribution < -0.4 is 4.90 Å². The highest BCUT2D eigenvalue weighted by molar-refractivity contribution is 5.86. The molecule has 1 fully saturated rings. The van der Waals surface area contributed by atoms with E-state index in [2.05, 4.69) is 9.97 Å². The molecule has 1 aromatic heterocycles. The smallest absolute Gasteiger partial charge is 0.338 e.